The second-order valence-electron chi connectivity index (χ2n) is 9.09. The minimum atomic E-state index is -0.444. The summed E-state index contributed by atoms with van der Waals surface area (Å²) in [5, 5.41) is 5.33. The summed E-state index contributed by atoms with van der Waals surface area (Å²) in [6.07, 6.45) is 0.484. The molecule has 1 saturated heterocycles. The smallest absolute Gasteiger partial charge is 0.338 e. The van der Waals surface area contributed by atoms with Crippen LogP contribution in [0.15, 0.2) is 47.6 Å². The van der Waals surface area contributed by atoms with Crippen LogP contribution in [0.3, 0.4) is 0 Å². The standard InChI is InChI=1S/C25H20Cl2N2O5/c1-2-33-25(32)11-3-6-13(7-4-11)29-23(30)18-15-10-16(19(18)24(29)31)22-20(15)21(28-34-22)14-8-5-12(26)9-17(14)27/h3-9,15-16,18-20,22H,2,10H2,1H3/t15-,16+,18+,19+,20+,22-/m1/s1. The molecule has 2 saturated carbocycles. The highest BCUT2D eigenvalue weighted by Gasteiger charge is 2.70. The zero-order chi connectivity index (χ0) is 23.7. The van der Waals surface area contributed by atoms with Crippen LogP contribution in [0.5, 0.6) is 0 Å². The molecule has 2 aliphatic heterocycles. The molecule has 0 N–H and O–H groups in total. The lowest BCUT2D eigenvalue weighted by molar-refractivity contribution is -0.125. The molecule has 2 bridgehead atoms. The number of hydrogen-bond acceptors (Lipinski definition) is 6. The topological polar surface area (TPSA) is 85.3 Å². The van der Waals surface area contributed by atoms with Gasteiger partial charge < -0.3 is 9.57 Å². The van der Waals surface area contributed by atoms with Crippen molar-refractivity contribution >= 4 is 52.4 Å². The summed E-state index contributed by atoms with van der Waals surface area (Å²) in [5.74, 6) is -1.99. The number of ether oxygens (including phenoxy) is 1. The molecule has 0 spiro atoms. The first kappa shape index (κ1) is 21.6. The number of hydrogen-bond donors (Lipinski definition) is 0. The first-order valence-corrected chi connectivity index (χ1v) is 12.0. The Kier molecular flexibility index (Phi) is 4.97. The van der Waals surface area contributed by atoms with Gasteiger partial charge in [0, 0.05) is 22.4 Å². The summed E-state index contributed by atoms with van der Waals surface area (Å²) in [7, 11) is 0. The molecule has 4 aliphatic rings. The van der Waals surface area contributed by atoms with Crippen LogP contribution in [-0.2, 0) is 19.2 Å². The van der Waals surface area contributed by atoms with Crippen LogP contribution in [0, 0.1) is 29.6 Å². The molecule has 0 radical (unpaired) electrons. The summed E-state index contributed by atoms with van der Waals surface area (Å²) in [6, 6.07) is 11.6. The number of imide groups is 1. The number of rotatable bonds is 4. The van der Waals surface area contributed by atoms with Crippen LogP contribution in [0.4, 0.5) is 5.69 Å². The number of halogens is 2. The summed E-state index contributed by atoms with van der Waals surface area (Å²) in [4.78, 5) is 46.0. The van der Waals surface area contributed by atoms with Gasteiger partial charge in [0.1, 0.15) is 6.10 Å². The molecular weight excluding hydrogens is 479 g/mol. The third kappa shape index (κ3) is 2.96. The van der Waals surface area contributed by atoms with Gasteiger partial charge in [0.25, 0.3) is 0 Å². The zero-order valence-corrected chi connectivity index (χ0v) is 19.6. The Morgan fingerprint density at radius 1 is 1.06 bits per heavy atom. The van der Waals surface area contributed by atoms with Crippen molar-refractivity contribution in [1.82, 2.24) is 0 Å². The number of anilines is 1. The SMILES string of the molecule is CCOC(=O)c1ccc(N2C(=O)[C@H]3[C@@H]4C[C@@H]([C@H]5C(c6ccc(Cl)cc6Cl)=NO[C@H]45)[C@@H]3C2=O)cc1. The van der Waals surface area contributed by atoms with E-state index in [1.807, 2.05) is 6.07 Å². The summed E-state index contributed by atoms with van der Waals surface area (Å²) >= 11 is 12.5. The maximum absolute atomic E-state index is 13.5. The van der Waals surface area contributed by atoms with Crippen LogP contribution < -0.4 is 4.90 Å². The average molecular weight is 499 g/mol. The normalized spacial score (nSPS) is 30.8. The highest BCUT2D eigenvalue weighted by Crippen LogP contribution is 2.62. The van der Waals surface area contributed by atoms with Crippen molar-refractivity contribution in [3.05, 3.63) is 63.6 Å². The van der Waals surface area contributed by atoms with Crippen molar-refractivity contribution in [3.8, 4) is 0 Å². The predicted octanol–water partition coefficient (Wildman–Crippen LogP) is 4.34. The Bertz CT molecular complexity index is 1260. The largest absolute Gasteiger partial charge is 0.462 e. The van der Waals surface area contributed by atoms with Gasteiger partial charge in [0.2, 0.25) is 11.8 Å². The summed E-state index contributed by atoms with van der Waals surface area (Å²) in [5.41, 5.74) is 2.28. The molecule has 2 aliphatic carbocycles. The molecule has 2 aromatic carbocycles. The molecular formula is C25H20Cl2N2O5. The highest BCUT2D eigenvalue weighted by atomic mass is 35.5. The molecule has 0 unspecified atom stereocenters. The fraction of sp³-hybridized carbons (Fsp3) is 0.360. The Morgan fingerprint density at radius 2 is 1.76 bits per heavy atom. The maximum atomic E-state index is 13.5. The molecule has 0 aromatic heterocycles. The van der Waals surface area contributed by atoms with Gasteiger partial charge in [0.05, 0.1) is 40.4 Å². The van der Waals surface area contributed by atoms with Gasteiger partial charge in [-0.1, -0.05) is 34.4 Å². The monoisotopic (exact) mass is 498 g/mol. The Morgan fingerprint density at radius 3 is 2.44 bits per heavy atom. The zero-order valence-electron chi connectivity index (χ0n) is 18.1. The van der Waals surface area contributed by atoms with Gasteiger partial charge in [-0.2, -0.15) is 0 Å². The molecule has 9 heteroatoms. The fourth-order valence-electron chi connectivity index (χ4n) is 6.26. The molecule has 2 heterocycles. The van der Waals surface area contributed by atoms with Crippen LogP contribution in [0.25, 0.3) is 0 Å². The molecule has 7 nitrogen and oxygen atoms in total. The van der Waals surface area contributed by atoms with E-state index in [9.17, 15) is 14.4 Å². The highest BCUT2D eigenvalue weighted by molar-refractivity contribution is 6.37. The van der Waals surface area contributed by atoms with Crippen molar-refractivity contribution in [3.63, 3.8) is 0 Å². The number of benzene rings is 2. The number of nitrogens with zero attached hydrogens (tertiary/aromatic N) is 2. The molecule has 34 heavy (non-hydrogen) atoms. The van der Waals surface area contributed by atoms with Crippen LogP contribution >= 0.6 is 23.2 Å². The molecule has 2 amide bonds. The van der Waals surface area contributed by atoms with Gasteiger partial charge in [-0.15, -0.1) is 0 Å². The Balaban J connectivity index is 1.29. The van der Waals surface area contributed by atoms with Crippen molar-refractivity contribution < 1.29 is 24.0 Å². The number of carbonyl (C=O) groups is 3. The maximum Gasteiger partial charge on any atom is 0.338 e. The van der Waals surface area contributed by atoms with Crippen molar-refractivity contribution in [2.75, 3.05) is 11.5 Å². The molecule has 174 valence electrons. The number of carbonyl (C=O) groups excluding carboxylic acids is 3. The minimum Gasteiger partial charge on any atom is -0.462 e. The lowest BCUT2D eigenvalue weighted by Crippen LogP contribution is -2.41. The van der Waals surface area contributed by atoms with E-state index in [2.05, 4.69) is 5.16 Å². The minimum absolute atomic E-state index is 0.0618. The van der Waals surface area contributed by atoms with Crippen LogP contribution in [0.1, 0.15) is 29.3 Å². The second kappa shape index (κ2) is 7.82. The van der Waals surface area contributed by atoms with Crippen LogP contribution in [-0.4, -0.2) is 36.2 Å². The lowest BCUT2D eigenvalue weighted by Gasteiger charge is -2.30. The Labute approximate surface area is 205 Å². The van der Waals surface area contributed by atoms with Crippen LogP contribution in [0.2, 0.25) is 10.0 Å². The molecule has 2 aromatic rings. The number of oxime groups is 1. The predicted molar refractivity (Wildman–Crippen MR) is 125 cm³/mol. The summed E-state index contributed by atoms with van der Waals surface area (Å²) < 4.78 is 5.01. The van der Waals surface area contributed by atoms with E-state index in [0.29, 0.717) is 21.3 Å². The number of esters is 1. The van der Waals surface area contributed by atoms with E-state index in [4.69, 9.17) is 32.8 Å². The first-order valence-electron chi connectivity index (χ1n) is 11.2. The van der Waals surface area contributed by atoms with E-state index in [0.717, 1.165) is 17.7 Å². The van der Waals surface area contributed by atoms with Gasteiger partial charge in [-0.25, -0.2) is 4.79 Å². The number of fused-ring (bicyclic) bond motifs is 8. The van der Waals surface area contributed by atoms with E-state index < -0.39 is 17.8 Å². The molecule has 6 atom stereocenters. The lowest BCUT2D eigenvalue weighted by atomic mass is 9.71. The van der Waals surface area contributed by atoms with Crippen molar-refractivity contribution in [2.24, 2.45) is 34.7 Å². The van der Waals surface area contributed by atoms with Gasteiger partial charge >= 0.3 is 5.97 Å². The third-order valence-electron chi connectivity index (χ3n) is 7.53. The van der Waals surface area contributed by atoms with E-state index in [1.165, 1.54) is 4.90 Å². The van der Waals surface area contributed by atoms with Gasteiger partial charge in [0.15, 0.2) is 0 Å². The van der Waals surface area contributed by atoms with Crippen molar-refractivity contribution in [2.45, 2.75) is 19.4 Å². The summed E-state index contributed by atoms with van der Waals surface area (Å²) in [6.45, 7) is 2.00. The average Bonchev–Trinajstić information content (AvgIpc) is 3.55. The quantitative estimate of drug-likeness (QED) is 0.462. The van der Waals surface area contributed by atoms with E-state index >= 15 is 0 Å². The van der Waals surface area contributed by atoms with E-state index in [1.54, 1.807) is 43.3 Å². The van der Waals surface area contributed by atoms with E-state index in [-0.39, 0.29) is 42.3 Å². The second-order valence-corrected chi connectivity index (χ2v) is 9.93. The van der Waals surface area contributed by atoms with Gasteiger partial charge in [-0.05, 0) is 55.7 Å². The third-order valence-corrected chi connectivity index (χ3v) is 8.08. The first-order chi connectivity index (χ1) is 16.4. The number of amides is 2. The fourth-order valence-corrected chi connectivity index (χ4v) is 6.77. The molecule has 3 fully saturated rings. The molecule has 6 rings (SSSR count). The van der Waals surface area contributed by atoms with Crippen molar-refractivity contribution in [1.29, 1.82) is 0 Å². The Hall–Kier alpha value is -2.90. The van der Waals surface area contributed by atoms with Gasteiger partial charge in [-0.3, -0.25) is 14.5 Å².